The monoisotopic (exact) mass is 345 g/mol. The van der Waals surface area contributed by atoms with Gasteiger partial charge in [0.1, 0.15) is 12.2 Å². The number of nitrogens with one attached hydrogen (secondary N) is 1. The number of benzene rings is 1. The number of rotatable bonds is 4. The van der Waals surface area contributed by atoms with Gasteiger partial charge in [-0.15, -0.1) is 0 Å². The molecule has 1 aromatic heterocycles. The van der Waals surface area contributed by atoms with Gasteiger partial charge in [-0.05, 0) is 18.1 Å². The molecule has 1 aliphatic rings. The highest BCUT2D eigenvalue weighted by molar-refractivity contribution is 5.87. The Kier molecular flexibility index (Phi) is 4.37. The summed E-state index contributed by atoms with van der Waals surface area (Å²) in [6, 6.07) is 4.54. The number of nitrogens with zero attached hydrogens (tertiary/aromatic N) is 3. The summed E-state index contributed by atoms with van der Waals surface area (Å²) >= 11 is 0. The first-order valence-corrected chi connectivity index (χ1v) is 7.75. The summed E-state index contributed by atoms with van der Waals surface area (Å²) in [6.07, 6.45) is 0.544. The van der Waals surface area contributed by atoms with Crippen LogP contribution in [0, 0.1) is 21.4 Å². The predicted octanol–water partition coefficient (Wildman–Crippen LogP) is 1.41. The summed E-state index contributed by atoms with van der Waals surface area (Å²) in [6.45, 7) is -0.135. The minimum absolute atomic E-state index is 0.00571. The molecule has 0 radical (unpaired) electrons. The van der Waals surface area contributed by atoms with Crippen molar-refractivity contribution in [2.75, 3.05) is 6.54 Å². The molecule has 3 N–H and O–H groups in total. The molecule has 3 atom stereocenters. The van der Waals surface area contributed by atoms with Gasteiger partial charge in [0.25, 0.3) is 5.69 Å². The number of nitro groups is 1. The molecule has 0 aliphatic carbocycles. The highest BCUT2D eigenvalue weighted by atomic mass is 19.1. The van der Waals surface area contributed by atoms with Gasteiger partial charge in [0.05, 0.1) is 23.6 Å². The van der Waals surface area contributed by atoms with Crippen LogP contribution in [0.4, 0.5) is 10.1 Å². The summed E-state index contributed by atoms with van der Waals surface area (Å²) < 4.78 is 13.5. The van der Waals surface area contributed by atoms with Gasteiger partial charge >= 0.3 is 0 Å². The summed E-state index contributed by atoms with van der Waals surface area (Å²) in [4.78, 5) is 27.0. The molecular formula is C16H16FN5O3. The molecule has 130 valence electrons. The zero-order chi connectivity index (χ0) is 18.1. The third-order valence-electron chi connectivity index (χ3n) is 4.40. The van der Waals surface area contributed by atoms with E-state index < -0.39 is 29.1 Å². The number of hydrogen-bond donors (Lipinski definition) is 2. The SMILES string of the molecule is N#CC1CC(F)CN1C(=O)C(N)Cc1c[nH]c2ccc([N+](=O)[O-])cc12. The van der Waals surface area contributed by atoms with Crippen molar-refractivity contribution in [1.29, 1.82) is 5.26 Å². The zero-order valence-electron chi connectivity index (χ0n) is 13.2. The quantitative estimate of drug-likeness (QED) is 0.639. The van der Waals surface area contributed by atoms with E-state index in [0.717, 1.165) is 0 Å². The Bertz CT molecular complexity index is 874. The van der Waals surface area contributed by atoms with Gasteiger partial charge in [-0.25, -0.2) is 4.39 Å². The Morgan fingerprint density at radius 2 is 2.36 bits per heavy atom. The Morgan fingerprint density at radius 1 is 1.60 bits per heavy atom. The second-order valence-corrected chi connectivity index (χ2v) is 6.08. The van der Waals surface area contributed by atoms with Crippen molar-refractivity contribution < 1.29 is 14.1 Å². The first-order chi connectivity index (χ1) is 11.9. The maximum Gasteiger partial charge on any atom is 0.270 e. The van der Waals surface area contributed by atoms with Gasteiger partial charge in [0.2, 0.25) is 5.91 Å². The van der Waals surface area contributed by atoms with Crippen molar-refractivity contribution >= 4 is 22.5 Å². The minimum Gasteiger partial charge on any atom is -0.361 e. The molecule has 1 saturated heterocycles. The number of fused-ring (bicyclic) bond motifs is 1. The predicted molar refractivity (Wildman–Crippen MR) is 87.3 cm³/mol. The third-order valence-corrected chi connectivity index (χ3v) is 4.40. The number of nitrogens with two attached hydrogens (primary N) is 1. The van der Waals surface area contributed by atoms with Crippen LogP contribution in [0.5, 0.6) is 0 Å². The van der Waals surface area contributed by atoms with E-state index in [2.05, 4.69) is 4.98 Å². The topological polar surface area (TPSA) is 129 Å². The molecule has 3 rings (SSSR count). The molecule has 1 aliphatic heterocycles. The highest BCUT2D eigenvalue weighted by Crippen LogP contribution is 2.25. The number of halogens is 1. The first kappa shape index (κ1) is 16.9. The molecule has 1 fully saturated rings. The highest BCUT2D eigenvalue weighted by Gasteiger charge is 2.37. The Labute approximate surface area is 142 Å². The number of aromatic amines is 1. The van der Waals surface area contributed by atoms with E-state index in [1.807, 2.05) is 6.07 Å². The third kappa shape index (κ3) is 3.16. The maximum absolute atomic E-state index is 13.5. The fourth-order valence-electron chi connectivity index (χ4n) is 3.14. The van der Waals surface area contributed by atoms with Gasteiger partial charge in [0.15, 0.2) is 0 Å². The molecule has 25 heavy (non-hydrogen) atoms. The Hall–Kier alpha value is -2.99. The van der Waals surface area contributed by atoms with Crippen LogP contribution in [-0.4, -0.2) is 45.5 Å². The molecule has 0 saturated carbocycles. The second-order valence-electron chi connectivity index (χ2n) is 6.08. The van der Waals surface area contributed by atoms with Gasteiger partial charge < -0.3 is 15.6 Å². The van der Waals surface area contributed by atoms with E-state index in [4.69, 9.17) is 11.0 Å². The average molecular weight is 345 g/mol. The van der Waals surface area contributed by atoms with Gasteiger partial charge in [-0.1, -0.05) is 0 Å². The number of H-pyrrole nitrogens is 1. The maximum atomic E-state index is 13.5. The van der Waals surface area contributed by atoms with E-state index in [1.54, 1.807) is 12.3 Å². The zero-order valence-corrected chi connectivity index (χ0v) is 13.2. The van der Waals surface area contributed by atoms with E-state index in [9.17, 15) is 19.3 Å². The molecule has 1 aromatic carbocycles. The molecular weight excluding hydrogens is 329 g/mol. The van der Waals surface area contributed by atoms with E-state index in [-0.39, 0.29) is 25.1 Å². The number of hydrogen-bond acceptors (Lipinski definition) is 5. The van der Waals surface area contributed by atoms with Gasteiger partial charge in [0, 0.05) is 35.7 Å². The van der Waals surface area contributed by atoms with Crippen LogP contribution in [0.15, 0.2) is 24.4 Å². The molecule has 0 bridgehead atoms. The largest absolute Gasteiger partial charge is 0.361 e. The molecule has 9 heteroatoms. The number of carbonyl (C=O) groups is 1. The van der Waals surface area contributed by atoms with Crippen molar-refractivity contribution in [1.82, 2.24) is 9.88 Å². The summed E-state index contributed by atoms with van der Waals surface area (Å²) in [5, 5.41) is 20.6. The lowest BCUT2D eigenvalue weighted by molar-refractivity contribution is -0.384. The van der Waals surface area contributed by atoms with Crippen LogP contribution >= 0.6 is 0 Å². The van der Waals surface area contributed by atoms with Crippen molar-refractivity contribution in [3.63, 3.8) is 0 Å². The number of amides is 1. The van der Waals surface area contributed by atoms with Crippen molar-refractivity contribution in [3.8, 4) is 6.07 Å². The first-order valence-electron chi connectivity index (χ1n) is 7.75. The van der Waals surface area contributed by atoms with E-state index >= 15 is 0 Å². The van der Waals surface area contributed by atoms with Crippen LogP contribution < -0.4 is 5.73 Å². The lowest BCUT2D eigenvalue weighted by Gasteiger charge is -2.23. The fraction of sp³-hybridized carbons (Fsp3) is 0.375. The number of aromatic nitrogens is 1. The average Bonchev–Trinajstić information content (AvgIpc) is 3.16. The number of nitro benzene ring substituents is 1. The molecule has 0 spiro atoms. The normalized spacial score (nSPS) is 21.2. The molecule has 8 nitrogen and oxygen atoms in total. The minimum atomic E-state index is -1.23. The lowest BCUT2D eigenvalue weighted by Crippen LogP contribution is -2.46. The summed E-state index contributed by atoms with van der Waals surface area (Å²) in [5.41, 5.74) is 7.26. The van der Waals surface area contributed by atoms with Crippen molar-refractivity contribution in [3.05, 3.63) is 40.1 Å². The standard InChI is InChI=1S/C16H16FN5O3/c17-10-4-12(6-18)21(8-10)16(23)14(19)3-9-7-20-15-2-1-11(22(24)25)5-13(9)15/h1-2,5,7,10,12,14,20H,3-4,8,19H2. The molecule has 2 heterocycles. The number of nitriles is 1. The lowest BCUT2D eigenvalue weighted by atomic mass is 10.0. The van der Waals surface area contributed by atoms with Gasteiger partial charge in [-0.3, -0.25) is 14.9 Å². The Morgan fingerprint density at radius 3 is 3.04 bits per heavy atom. The van der Waals surface area contributed by atoms with Gasteiger partial charge in [-0.2, -0.15) is 5.26 Å². The van der Waals surface area contributed by atoms with E-state index in [1.165, 1.54) is 17.0 Å². The number of non-ortho nitro benzene ring substituents is 1. The summed E-state index contributed by atoms with van der Waals surface area (Å²) in [7, 11) is 0. The van der Waals surface area contributed by atoms with Crippen molar-refractivity contribution in [2.45, 2.75) is 31.1 Å². The van der Waals surface area contributed by atoms with Crippen LogP contribution in [0.2, 0.25) is 0 Å². The fourth-order valence-corrected chi connectivity index (χ4v) is 3.14. The molecule has 2 aromatic rings. The van der Waals surface area contributed by atoms with Crippen LogP contribution in [-0.2, 0) is 11.2 Å². The molecule has 3 unspecified atom stereocenters. The molecule has 1 amide bonds. The number of alkyl halides is 1. The summed E-state index contributed by atoms with van der Waals surface area (Å²) in [5.74, 6) is -0.494. The van der Waals surface area contributed by atoms with Crippen LogP contribution in [0.25, 0.3) is 10.9 Å². The van der Waals surface area contributed by atoms with E-state index in [0.29, 0.717) is 16.5 Å². The van der Waals surface area contributed by atoms with Crippen molar-refractivity contribution in [2.24, 2.45) is 5.73 Å². The Balaban J connectivity index is 1.81. The second kappa shape index (κ2) is 6.49. The smallest absolute Gasteiger partial charge is 0.270 e. The number of carbonyl (C=O) groups excluding carboxylic acids is 1. The van der Waals surface area contributed by atoms with Crippen LogP contribution in [0.3, 0.4) is 0 Å². The number of likely N-dealkylation sites (tertiary alicyclic amines) is 1. The van der Waals surface area contributed by atoms with Crippen LogP contribution in [0.1, 0.15) is 12.0 Å².